The van der Waals surface area contributed by atoms with Gasteiger partial charge in [0.1, 0.15) is 11.5 Å². The molecule has 3 amide bonds. The Kier molecular flexibility index (Phi) is 7.96. The van der Waals surface area contributed by atoms with E-state index in [9.17, 15) is 14.4 Å². The number of hydrogen-bond acceptors (Lipinski definition) is 6. The molecule has 0 spiro atoms. The summed E-state index contributed by atoms with van der Waals surface area (Å²) in [6.45, 7) is 3.80. The highest BCUT2D eigenvalue weighted by Gasteiger charge is 2.12. The molecule has 0 radical (unpaired) electrons. The van der Waals surface area contributed by atoms with Crippen molar-refractivity contribution in [2.75, 3.05) is 11.9 Å². The number of nitrogens with one attached hydrogen (secondary N) is 3. The van der Waals surface area contributed by atoms with Gasteiger partial charge in [-0.2, -0.15) is 5.10 Å². The molecule has 0 aliphatic rings. The lowest BCUT2D eigenvalue weighted by Crippen LogP contribution is -2.37. The van der Waals surface area contributed by atoms with Gasteiger partial charge in [-0.1, -0.05) is 24.3 Å². The molecule has 3 N–H and O–H groups in total. The fourth-order valence-corrected chi connectivity index (χ4v) is 2.77. The van der Waals surface area contributed by atoms with Crippen LogP contribution in [0.2, 0.25) is 0 Å². The number of anilines is 1. The Morgan fingerprint density at radius 3 is 2.67 bits per heavy atom. The molecule has 33 heavy (non-hydrogen) atoms. The molecule has 0 saturated carbocycles. The van der Waals surface area contributed by atoms with Crippen molar-refractivity contribution in [3.8, 4) is 5.75 Å². The summed E-state index contributed by atoms with van der Waals surface area (Å²) in [4.78, 5) is 35.8. The molecular formula is C24H24N4O5. The van der Waals surface area contributed by atoms with Crippen LogP contribution < -0.4 is 20.8 Å². The monoisotopic (exact) mass is 448 g/mol. The van der Waals surface area contributed by atoms with Gasteiger partial charge < -0.3 is 19.8 Å². The van der Waals surface area contributed by atoms with E-state index in [1.165, 1.54) is 12.5 Å². The van der Waals surface area contributed by atoms with Gasteiger partial charge in [0.15, 0.2) is 6.61 Å². The van der Waals surface area contributed by atoms with Gasteiger partial charge in [0.25, 0.3) is 5.91 Å². The van der Waals surface area contributed by atoms with Crippen LogP contribution in [0.1, 0.15) is 22.5 Å². The molecule has 3 aromatic rings. The zero-order valence-electron chi connectivity index (χ0n) is 18.3. The second-order valence-corrected chi connectivity index (χ2v) is 7.19. The normalized spacial score (nSPS) is 10.6. The van der Waals surface area contributed by atoms with Crippen LogP contribution in [-0.2, 0) is 20.9 Å². The summed E-state index contributed by atoms with van der Waals surface area (Å²) in [5.41, 5.74) is 5.51. The molecule has 9 nitrogen and oxygen atoms in total. The maximum absolute atomic E-state index is 12.2. The molecule has 2 aromatic carbocycles. The number of furan rings is 1. The quantitative estimate of drug-likeness (QED) is 0.278. The minimum absolute atomic E-state index is 0.0966. The molecule has 0 aliphatic heterocycles. The van der Waals surface area contributed by atoms with E-state index >= 15 is 0 Å². The SMILES string of the molecule is Cc1ccc(C)c(NC(=O)COc2cccc(/C=N\NC(=O)C(=O)NCc3ccco3)c2)c1. The number of aryl methyl sites for hydroxylation is 2. The number of hydrogen-bond donors (Lipinski definition) is 3. The van der Waals surface area contributed by atoms with Gasteiger partial charge in [-0.15, -0.1) is 0 Å². The lowest BCUT2D eigenvalue weighted by molar-refractivity contribution is -0.139. The number of benzene rings is 2. The van der Waals surface area contributed by atoms with Gasteiger partial charge in [0, 0.05) is 5.69 Å². The van der Waals surface area contributed by atoms with Gasteiger partial charge in [0.2, 0.25) is 0 Å². The topological polar surface area (TPSA) is 122 Å². The van der Waals surface area contributed by atoms with E-state index in [2.05, 4.69) is 21.2 Å². The molecule has 0 bridgehead atoms. The maximum atomic E-state index is 12.2. The molecule has 1 aromatic heterocycles. The first-order valence-electron chi connectivity index (χ1n) is 10.1. The first-order chi connectivity index (χ1) is 15.9. The fourth-order valence-electron chi connectivity index (χ4n) is 2.77. The summed E-state index contributed by atoms with van der Waals surface area (Å²) in [5, 5.41) is 9.02. The molecule has 0 fully saturated rings. The first kappa shape index (κ1) is 23.3. The van der Waals surface area contributed by atoms with Gasteiger partial charge in [0.05, 0.1) is 19.0 Å². The highest BCUT2D eigenvalue weighted by Crippen LogP contribution is 2.17. The zero-order valence-corrected chi connectivity index (χ0v) is 18.3. The number of carbonyl (C=O) groups excluding carboxylic acids is 3. The second-order valence-electron chi connectivity index (χ2n) is 7.19. The lowest BCUT2D eigenvalue weighted by atomic mass is 10.1. The predicted octanol–water partition coefficient (Wildman–Crippen LogP) is 2.68. The lowest BCUT2D eigenvalue weighted by Gasteiger charge is -2.10. The number of rotatable bonds is 8. The standard InChI is InChI=1S/C24H24N4O5/c1-16-8-9-17(2)21(11-16)27-22(29)15-33-19-6-3-5-18(12-19)13-26-28-24(31)23(30)25-14-20-7-4-10-32-20/h3-13H,14-15H2,1-2H3,(H,25,30)(H,27,29)(H,28,31)/b26-13-. The van der Waals surface area contributed by atoms with Crippen molar-refractivity contribution in [1.82, 2.24) is 10.7 Å². The predicted molar refractivity (Wildman–Crippen MR) is 123 cm³/mol. The Bertz CT molecular complexity index is 1160. The van der Waals surface area contributed by atoms with Crippen molar-refractivity contribution in [3.05, 3.63) is 83.3 Å². The summed E-state index contributed by atoms with van der Waals surface area (Å²) >= 11 is 0. The highest BCUT2D eigenvalue weighted by atomic mass is 16.5. The molecule has 0 atom stereocenters. The van der Waals surface area contributed by atoms with Crippen molar-refractivity contribution in [2.45, 2.75) is 20.4 Å². The molecule has 0 unspecified atom stereocenters. The number of nitrogens with zero attached hydrogens (tertiary/aromatic N) is 1. The summed E-state index contributed by atoms with van der Waals surface area (Å²) in [6, 6.07) is 16.0. The summed E-state index contributed by atoms with van der Waals surface area (Å²) in [6.07, 6.45) is 2.84. The summed E-state index contributed by atoms with van der Waals surface area (Å²) in [5.74, 6) is -1.05. The van der Waals surface area contributed by atoms with E-state index in [4.69, 9.17) is 9.15 Å². The van der Waals surface area contributed by atoms with E-state index in [1.807, 2.05) is 32.0 Å². The largest absolute Gasteiger partial charge is 0.484 e. The first-order valence-corrected chi connectivity index (χ1v) is 10.1. The molecule has 3 rings (SSSR count). The molecule has 0 saturated heterocycles. The minimum Gasteiger partial charge on any atom is -0.484 e. The molecule has 9 heteroatoms. The van der Waals surface area contributed by atoms with Crippen LogP contribution in [-0.4, -0.2) is 30.5 Å². The van der Waals surface area contributed by atoms with Crippen molar-refractivity contribution in [2.24, 2.45) is 5.10 Å². The van der Waals surface area contributed by atoms with E-state index in [0.29, 0.717) is 17.1 Å². The number of hydrazone groups is 1. The van der Waals surface area contributed by atoms with Crippen molar-refractivity contribution in [1.29, 1.82) is 0 Å². The highest BCUT2D eigenvalue weighted by molar-refractivity contribution is 6.35. The minimum atomic E-state index is -0.909. The van der Waals surface area contributed by atoms with Gasteiger partial charge in [-0.3, -0.25) is 14.4 Å². The van der Waals surface area contributed by atoms with E-state index < -0.39 is 11.8 Å². The van der Waals surface area contributed by atoms with E-state index in [-0.39, 0.29) is 19.1 Å². The van der Waals surface area contributed by atoms with Crippen LogP contribution in [0.5, 0.6) is 5.75 Å². The Morgan fingerprint density at radius 2 is 1.88 bits per heavy atom. The Labute approximate surface area is 190 Å². The van der Waals surface area contributed by atoms with Crippen LogP contribution in [0.15, 0.2) is 70.4 Å². The van der Waals surface area contributed by atoms with Crippen molar-refractivity contribution >= 4 is 29.6 Å². The molecule has 170 valence electrons. The number of carbonyl (C=O) groups is 3. The Hall–Kier alpha value is -4.40. The van der Waals surface area contributed by atoms with Gasteiger partial charge >= 0.3 is 11.8 Å². The molecule has 0 aliphatic carbocycles. The summed E-state index contributed by atoms with van der Waals surface area (Å²) < 4.78 is 10.6. The van der Waals surface area contributed by atoms with Crippen LogP contribution in [0.25, 0.3) is 0 Å². The van der Waals surface area contributed by atoms with Crippen LogP contribution in [0.3, 0.4) is 0 Å². The summed E-state index contributed by atoms with van der Waals surface area (Å²) in [7, 11) is 0. The Morgan fingerprint density at radius 1 is 1.03 bits per heavy atom. The third-order valence-corrected chi connectivity index (χ3v) is 4.48. The molecule has 1 heterocycles. The number of amides is 3. The van der Waals surface area contributed by atoms with Gasteiger partial charge in [-0.05, 0) is 60.9 Å². The third kappa shape index (κ3) is 7.35. The van der Waals surface area contributed by atoms with Crippen LogP contribution in [0.4, 0.5) is 5.69 Å². The third-order valence-electron chi connectivity index (χ3n) is 4.48. The van der Waals surface area contributed by atoms with E-state index in [0.717, 1.165) is 16.8 Å². The molecular weight excluding hydrogens is 424 g/mol. The van der Waals surface area contributed by atoms with Crippen molar-refractivity contribution in [3.63, 3.8) is 0 Å². The smallest absolute Gasteiger partial charge is 0.329 e. The van der Waals surface area contributed by atoms with Crippen molar-refractivity contribution < 1.29 is 23.5 Å². The second kappa shape index (κ2) is 11.3. The number of ether oxygens (including phenoxy) is 1. The zero-order chi connectivity index (χ0) is 23.6. The average molecular weight is 448 g/mol. The van der Waals surface area contributed by atoms with E-state index in [1.54, 1.807) is 36.4 Å². The fraction of sp³-hybridized carbons (Fsp3) is 0.167. The average Bonchev–Trinajstić information content (AvgIpc) is 3.32. The van der Waals surface area contributed by atoms with Crippen LogP contribution in [0, 0.1) is 13.8 Å². The maximum Gasteiger partial charge on any atom is 0.329 e. The van der Waals surface area contributed by atoms with Gasteiger partial charge in [-0.25, -0.2) is 5.43 Å². The Balaban J connectivity index is 1.46. The van der Waals surface area contributed by atoms with Crippen LogP contribution >= 0.6 is 0 Å².